The maximum absolute atomic E-state index is 5.84. The third-order valence-corrected chi connectivity index (χ3v) is 1.98. The maximum Gasteiger partial charge on any atom is 0.0632 e. The lowest BCUT2D eigenvalue weighted by atomic mass is 10.3. The average Bonchev–Trinajstić information content (AvgIpc) is 1.88. The Morgan fingerprint density at radius 1 is 1.70 bits per heavy atom. The molecule has 0 saturated carbocycles. The Morgan fingerprint density at radius 2 is 2.40 bits per heavy atom. The van der Waals surface area contributed by atoms with Crippen LogP contribution in [0, 0.1) is 0 Å². The Kier molecular flexibility index (Phi) is 2.69. The number of aromatic nitrogens is 1. The first-order valence-electron chi connectivity index (χ1n) is 3.04. The molecule has 0 bridgehead atoms. The third-order valence-electron chi connectivity index (χ3n) is 1.22. The lowest BCUT2D eigenvalue weighted by Crippen LogP contribution is -1.86. The van der Waals surface area contributed by atoms with Crippen molar-refractivity contribution in [2.45, 2.75) is 13.3 Å². The highest BCUT2D eigenvalue weighted by atomic mass is 79.9. The Labute approximate surface area is 73.6 Å². The molecule has 1 aromatic heterocycles. The largest absolute Gasteiger partial charge is 0.259 e. The zero-order valence-electron chi connectivity index (χ0n) is 5.56. The Bertz CT molecular complexity index is 237. The van der Waals surface area contributed by atoms with E-state index < -0.39 is 0 Å². The van der Waals surface area contributed by atoms with Crippen molar-refractivity contribution in [3.63, 3.8) is 0 Å². The summed E-state index contributed by atoms with van der Waals surface area (Å²) < 4.78 is 0.926. The van der Waals surface area contributed by atoms with Gasteiger partial charge in [0.05, 0.1) is 10.7 Å². The van der Waals surface area contributed by atoms with Gasteiger partial charge >= 0.3 is 0 Å². The maximum atomic E-state index is 5.84. The van der Waals surface area contributed by atoms with Crippen LogP contribution >= 0.6 is 27.5 Å². The van der Waals surface area contributed by atoms with Crippen LogP contribution in [0.3, 0.4) is 0 Å². The van der Waals surface area contributed by atoms with Crippen molar-refractivity contribution in [1.82, 2.24) is 4.98 Å². The van der Waals surface area contributed by atoms with Crippen molar-refractivity contribution in [2.75, 3.05) is 0 Å². The molecule has 1 nitrogen and oxygen atoms in total. The lowest BCUT2D eigenvalue weighted by Gasteiger charge is -1.97. The fourth-order valence-electron chi connectivity index (χ4n) is 0.703. The first kappa shape index (κ1) is 8.02. The summed E-state index contributed by atoms with van der Waals surface area (Å²) >= 11 is 9.12. The van der Waals surface area contributed by atoms with Crippen molar-refractivity contribution < 1.29 is 0 Å². The fraction of sp³-hybridized carbons (Fsp3) is 0.286. The van der Waals surface area contributed by atoms with Gasteiger partial charge in [-0.3, -0.25) is 4.98 Å². The van der Waals surface area contributed by atoms with E-state index in [1.165, 1.54) is 0 Å². The first-order chi connectivity index (χ1) is 4.74. The highest BCUT2D eigenvalue weighted by molar-refractivity contribution is 9.10. The van der Waals surface area contributed by atoms with E-state index in [2.05, 4.69) is 20.9 Å². The van der Waals surface area contributed by atoms with E-state index in [4.69, 9.17) is 11.6 Å². The van der Waals surface area contributed by atoms with Crippen molar-refractivity contribution in [3.05, 3.63) is 27.5 Å². The molecular formula is C7H7BrClN. The summed E-state index contributed by atoms with van der Waals surface area (Å²) in [6.07, 6.45) is 2.64. The van der Waals surface area contributed by atoms with Crippen molar-refractivity contribution in [1.29, 1.82) is 0 Å². The molecule has 0 N–H and O–H groups in total. The van der Waals surface area contributed by atoms with Gasteiger partial charge in [-0.25, -0.2) is 0 Å². The summed E-state index contributed by atoms with van der Waals surface area (Å²) in [6, 6.07) is 1.85. The summed E-state index contributed by atoms with van der Waals surface area (Å²) in [4.78, 5) is 4.12. The SMILES string of the molecule is CCc1ncc(Br)cc1Cl. The van der Waals surface area contributed by atoms with Crippen LogP contribution in [0.1, 0.15) is 12.6 Å². The first-order valence-corrected chi connectivity index (χ1v) is 4.21. The average molecular weight is 220 g/mol. The second kappa shape index (κ2) is 3.35. The van der Waals surface area contributed by atoms with E-state index in [0.29, 0.717) is 0 Å². The number of hydrogen-bond acceptors (Lipinski definition) is 1. The molecule has 0 spiro atoms. The highest BCUT2D eigenvalue weighted by Gasteiger charge is 1.98. The van der Waals surface area contributed by atoms with Gasteiger partial charge in [-0.2, -0.15) is 0 Å². The molecule has 0 amide bonds. The third kappa shape index (κ3) is 1.70. The standard InChI is InChI=1S/C7H7BrClN/c1-2-7-6(9)3-5(8)4-10-7/h3-4H,2H2,1H3. The van der Waals surface area contributed by atoms with Gasteiger partial charge in [0, 0.05) is 10.7 Å². The predicted octanol–water partition coefficient (Wildman–Crippen LogP) is 3.06. The number of rotatable bonds is 1. The molecule has 0 fully saturated rings. The van der Waals surface area contributed by atoms with E-state index in [0.717, 1.165) is 21.6 Å². The minimum atomic E-state index is 0.733. The van der Waals surface area contributed by atoms with Crippen molar-refractivity contribution in [2.24, 2.45) is 0 Å². The molecular weight excluding hydrogens is 213 g/mol. The molecule has 54 valence electrons. The molecule has 0 radical (unpaired) electrons. The van der Waals surface area contributed by atoms with Crippen LogP contribution in [0.2, 0.25) is 5.02 Å². The van der Waals surface area contributed by atoms with E-state index in [1.807, 2.05) is 13.0 Å². The molecule has 0 aliphatic rings. The number of pyridine rings is 1. The monoisotopic (exact) mass is 219 g/mol. The second-order valence-electron chi connectivity index (χ2n) is 1.94. The number of hydrogen-bond donors (Lipinski definition) is 0. The summed E-state index contributed by atoms with van der Waals surface area (Å²) in [5, 5.41) is 0.733. The predicted molar refractivity (Wildman–Crippen MR) is 46.3 cm³/mol. The molecule has 0 unspecified atom stereocenters. The Morgan fingerprint density at radius 3 is 2.90 bits per heavy atom. The van der Waals surface area contributed by atoms with Gasteiger partial charge in [-0.15, -0.1) is 0 Å². The molecule has 10 heavy (non-hydrogen) atoms. The molecule has 0 aliphatic carbocycles. The van der Waals surface area contributed by atoms with Crippen LogP contribution in [-0.2, 0) is 6.42 Å². The molecule has 3 heteroatoms. The lowest BCUT2D eigenvalue weighted by molar-refractivity contribution is 1.03. The summed E-state index contributed by atoms with van der Waals surface area (Å²) in [5.74, 6) is 0. The van der Waals surface area contributed by atoms with E-state index in [1.54, 1.807) is 6.20 Å². The van der Waals surface area contributed by atoms with Crippen LogP contribution in [0.15, 0.2) is 16.7 Å². The topological polar surface area (TPSA) is 12.9 Å². The van der Waals surface area contributed by atoms with Gasteiger partial charge in [-0.1, -0.05) is 18.5 Å². The normalized spacial score (nSPS) is 9.90. The highest BCUT2D eigenvalue weighted by Crippen LogP contribution is 2.18. The van der Waals surface area contributed by atoms with Crippen molar-refractivity contribution in [3.8, 4) is 0 Å². The van der Waals surface area contributed by atoms with E-state index in [9.17, 15) is 0 Å². The van der Waals surface area contributed by atoms with Gasteiger partial charge < -0.3 is 0 Å². The molecule has 1 aromatic rings. The molecule has 1 heterocycles. The summed E-state index contributed by atoms with van der Waals surface area (Å²) in [7, 11) is 0. The summed E-state index contributed by atoms with van der Waals surface area (Å²) in [5.41, 5.74) is 0.949. The van der Waals surface area contributed by atoms with Gasteiger partial charge in [0.15, 0.2) is 0 Å². The van der Waals surface area contributed by atoms with Crippen LogP contribution in [-0.4, -0.2) is 4.98 Å². The Hall–Kier alpha value is -0.0800. The smallest absolute Gasteiger partial charge is 0.0632 e. The van der Waals surface area contributed by atoms with Crippen molar-refractivity contribution >= 4 is 27.5 Å². The van der Waals surface area contributed by atoms with Gasteiger partial charge in [0.25, 0.3) is 0 Å². The van der Waals surface area contributed by atoms with E-state index in [-0.39, 0.29) is 0 Å². The van der Waals surface area contributed by atoms with Crippen LogP contribution in [0.5, 0.6) is 0 Å². The number of aryl methyl sites for hydroxylation is 1. The van der Waals surface area contributed by atoms with Crippen LogP contribution in [0.25, 0.3) is 0 Å². The number of halogens is 2. The fourth-order valence-corrected chi connectivity index (χ4v) is 1.47. The summed E-state index contributed by atoms with van der Waals surface area (Å²) in [6.45, 7) is 2.03. The Balaban J connectivity index is 3.07. The zero-order chi connectivity index (χ0) is 7.56. The van der Waals surface area contributed by atoms with Gasteiger partial charge in [-0.05, 0) is 28.4 Å². The zero-order valence-corrected chi connectivity index (χ0v) is 7.91. The molecule has 0 aliphatic heterocycles. The minimum Gasteiger partial charge on any atom is -0.259 e. The van der Waals surface area contributed by atoms with E-state index >= 15 is 0 Å². The molecule has 0 aromatic carbocycles. The molecule has 1 rings (SSSR count). The molecule has 0 saturated heterocycles. The van der Waals surface area contributed by atoms with Gasteiger partial charge in [0.1, 0.15) is 0 Å². The minimum absolute atomic E-state index is 0.733. The van der Waals surface area contributed by atoms with Gasteiger partial charge in [0.2, 0.25) is 0 Å². The van der Waals surface area contributed by atoms with Crippen LogP contribution < -0.4 is 0 Å². The number of nitrogens with zero attached hydrogens (tertiary/aromatic N) is 1. The quantitative estimate of drug-likeness (QED) is 0.709. The van der Waals surface area contributed by atoms with Crippen LogP contribution in [0.4, 0.5) is 0 Å². The second-order valence-corrected chi connectivity index (χ2v) is 3.26. The molecule has 0 atom stereocenters.